The van der Waals surface area contributed by atoms with Crippen LogP contribution in [0.25, 0.3) is 0 Å². The summed E-state index contributed by atoms with van der Waals surface area (Å²) in [5.74, 6) is -0.185. The van der Waals surface area contributed by atoms with Crippen molar-refractivity contribution in [2.45, 2.75) is 25.3 Å². The zero-order valence-electron chi connectivity index (χ0n) is 10.7. The molecule has 7 heteroatoms. The van der Waals surface area contributed by atoms with E-state index < -0.39 is 4.92 Å². The number of carbonyl (C=O) groups excluding carboxylic acids is 1. The highest BCUT2D eigenvalue weighted by molar-refractivity contribution is 9.09. The standard InChI is InChI=1S/C12H16BrN3O3/c1-14-10(5-6-11(14)16(18)19)12(17)15(8-7-13)9-3-2-4-9/h5-6,9H,2-4,7-8H2,1H3. The normalized spacial score (nSPS) is 15.1. The average molecular weight is 330 g/mol. The first-order valence-corrected chi connectivity index (χ1v) is 7.35. The minimum absolute atomic E-state index is 0.0595. The van der Waals surface area contributed by atoms with Crippen LogP contribution in [0.5, 0.6) is 0 Å². The van der Waals surface area contributed by atoms with Gasteiger partial charge in [-0.2, -0.15) is 0 Å². The second-order valence-corrected chi connectivity index (χ2v) is 5.46. The number of aromatic nitrogens is 1. The van der Waals surface area contributed by atoms with E-state index >= 15 is 0 Å². The second-order valence-electron chi connectivity index (χ2n) is 4.67. The molecule has 0 N–H and O–H groups in total. The van der Waals surface area contributed by atoms with Gasteiger partial charge in [0.05, 0.1) is 7.05 Å². The summed E-state index contributed by atoms with van der Waals surface area (Å²) >= 11 is 3.35. The van der Waals surface area contributed by atoms with Gasteiger partial charge >= 0.3 is 5.82 Å². The molecule has 0 spiro atoms. The van der Waals surface area contributed by atoms with Gasteiger partial charge in [-0.15, -0.1) is 0 Å². The number of hydrogen-bond donors (Lipinski definition) is 0. The molecular weight excluding hydrogens is 314 g/mol. The number of alkyl halides is 1. The number of halogens is 1. The topological polar surface area (TPSA) is 68.4 Å². The highest BCUT2D eigenvalue weighted by Gasteiger charge is 2.32. The van der Waals surface area contributed by atoms with Crippen LogP contribution in [0.3, 0.4) is 0 Å². The molecule has 1 aromatic rings. The van der Waals surface area contributed by atoms with E-state index in [0.717, 1.165) is 19.3 Å². The van der Waals surface area contributed by atoms with Crippen LogP contribution in [-0.2, 0) is 7.05 Å². The Morgan fingerprint density at radius 3 is 2.68 bits per heavy atom. The molecule has 1 heterocycles. The molecule has 1 fully saturated rings. The fourth-order valence-corrected chi connectivity index (χ4v) is 2.67. The van der Waals surface area contributed by atoms with Crippen LogP contribution in [0, 0.1) is 10.1 Å². The number of nitrogens with zero attached hydrogens (tertiary/aromatic N) is 3. The quantitative estimate of drug-likeness (QED) is 0.473. The van der Waals surface area contributed by atoms with E-state index in [1.54, 1.807) is 7.05 Å². The van der Waals surface area contributed by atoms with Crippen molar-refractivity contribution in [3.8, 4) is 0 Å². The Labute approximate surface area is 119 Å². The molecule has 19 heavy (non-hydrogen) atoms. The van der Waals surface area contributed by atoms with Gasteiger partial charge in [0.2, 0.25) is 0 Å². The third kappa shape index (κ3) is 2.65. The maximum atomic E-state index is 12.5. The molecule has 0 bridgehead atoms. The number of carbonyl (C=O) groups is 1. The number of amides is 1. The Morgan fingerprint density at radius 1 is 1.58 bits per heavy atom. The molecule has 1 aliphatic carbocycles. The molecule has 2 rings (SSSR count). The van der Waals surface area contributed by atoms with Crippen molar-refractivity contribution in [3.05, 3.63) is 27.9 Å². The smallest absolute Gasteiger partial charge is 0.323 e. The molecular formula is C12H16BrN3O3. The van der Waals surface area contributed by atoms with E-state index in [1.807, 2.05) is 4.90 Å². The number of rotatable bonds is 5. The first-order valence-electron chi connectivity index (χ1n) is 6.23. The Kier molecular flexibility index (Phi) is 4.24. The minimum atomic E-state index is -0.477. The third-order valence-electron chi connectivity index (χ3n) is 3.60. The van der Waals surface area contributed by atoms with Crippen LogP contribution in [0.2, 0.25) is 0 Å². The van der Waals surface area contributed by atoms with Gasteiger partial charge < -0.3 is 15.0 Å². The Bertz CT molecular complexity index is 496. The van der Waals surface area contributed by atoms with Gasteiger partial charge in [0.1, 0.15) is 0 Å². The van der Waals surface area contributed by atoms with Gasteiger partial charge in [-0.1, -0.05) is 15.9 Å². The fourth-order valence-electron chi connectivity index (χ4n) is 2.29. The van der Waals surface area contributed by atoms with Gasteiger partial charge in [-0.05, 0) is 30.3 Å². The second kappa shape index (κ2) is 5.73. The SMILES string of the molecule is Cn1c(C(=O)N(CCBr)C2CCC2)ccc1[N+](=O)[O-]. The summed E-state index contributed by atoms with van der Waals surface area (Å²) in [4.78, 5) is 24.6. The summed E-state index contributed by atoms with van der Waals surface area (Å²) in [6.07, 6.45) is 3.18. The molecule has 1 saturated carbocycles. The van der Waals surface area contributed by atoms with Crippen molar-refractivity contribution in [3.63, 3.8) is 0 Å². The van der Waals surface area contributed by atoms with Crippen molar-refractivity contribution >= 4 is 27.7 Å². The van der Waals surface area contributed by atoms with Crippen LogP contribution in [0.4, 0.5) is 5.82 Å². The highest BCUT2D eigenvalue weighted by atomic mass is 79.9. The molecule has 6 nitrogen and oxygen atoms in total. The van der Waals surface area contributed by atoms with Crippen molar-refractivity contribution in [2.75, 3.05) is 11.9 Å². The molecule has 104 valence electrons. The summed E-state index contributed by atoms with van der Waals surface area (Å²) in [6, 6.07) is 3.18. The first-order chi connectivity index (χ1) is 9.06. The van der Waals surface area contributed by atoms with Crippen LogP contribution < -0.4 is 0 Å². The zero-order valence-corrected chi connectivity index (χ0v) is 12.3. The molecule has 1 aliphatic rings. The van der Waals surface area contributed by atoms with Crippen molar-refractivity contribution in [1.29, 1.82) is 0 Å². The molecule has 1 aromatic heterocycles. The lowest BCUT2D eigenvalue weighted by Gasteiger charge is -2.36. The maximum absolute atomic E-state index is 12.5. The van der Waals surface area contributed by atoms with Crippen molar-refractivity contribution in [2.24, 2.45) is 7.05 Å². The van der Waals surface area contributed by atoms with E-state index in [0.29, 0.717) is 17.6 Å². The van der Waals surface area contributed by atoms with Crippen LogP contribution in [-0.4, -0.2) is 38.2 Å². The van der Waals surface area contributed by atoms with E-state index in [4.69, 9.17) is 0 Å². The maximum Gasteiger partial charge on any atom is 0.323 e. The van der Waals surface area contributed by atoms with Crippen molar-refractivity contribution in [1.82, 2.24) is 9.47 Å². The minimum Gasteiger partial charge on any atom is -0.358 e. The van der Waals surface area contributed by atoms with Crippen LogP contribution >= 0.6 is 15.9 Å². The van der Waals surface area contributed by atoms with E-state index in [-0.39, 0.29) is 17.8 Å². The molecule has 0 radical (unpaired) electrons. The molecule has 0 aromatic carbocycles. The van der Waals surface area contributed by atoms with Crippen molar-refractivity contribution < 1.29 is 9.72 Å². The lowest BCUT2D eigenvalue weighted by atomic mass is 9.91. The molecule has 0 saturated heterocycles. The third-order valence-corrected chi connectivity index (χ3v) is 3.96. The number of hydrogen-bond acceptors (Lipinski definition) is 3. The van der Waals surface area contributed by atoms with E-state index in [2.05, 4.69) is 15.9 Å². The molecule has 1 amide bonds. The molecule has 0 aliphatic heterocycles. The Morgan fingerprint density at radius 2 is 2.26 bits per heavy atom. The van der Waals surface area contributed by atoms with Crippen LogP contribution in [0.1, 0.15) is 29.8 Å². The fraction of sp³-hybridized carbons (Fsp3) is 0.583. The summed E-state index contributed by atoms with van der Waals surface area (Å²) in [6.45, 7) is 0.627. The Hall–Kier alpha value is -1.37. The average Bonchev–Trinajstić information content (AvgIpc) is 2.67. The van der Waals surface area contributed by atoms with Crippen LogP contribution in [0.15, 0.2) is 12.1 Å². The largest absolute Gasteiger partial charge is 0.358 e. The molecule has 0 atom stereocenters. The number of nitro groups is 1. The first kappa shape index (κ1) is 14.0. The predicted molar refractivity (Wildman–Crippen MR) is 74.5 cm³/mol. The zero-order chi connectivity index (χ0) is 14.0. The van der Waals surface area contributed by atoms with Gasteiger partial charge in [-0.25, -0.2) is 4.57 Å². The Balaban J connectivity index is 2.23. The highest BCUT2D eigenvalue weighted by Crippen LogP contribution is 2.27. The summed E-state index contributed by atoms with van der Waals surface area (Å²) < 4.78 is 1.35. The lowest BCUT2D eigenvalue weighted by molar-refractivity contribution is -0.391. The van der Waals surface area contributed by atoms with E-state index in [1.165, 1.54) is 16.7 Å². The summed E-state index contributed by atoms with van der Waals surface area (Å²) in [7, 11) is 1.55. The van der Waals surface area contributed by atoms with Gasteiger partial charge in [0.15, 0.2) is 5.69 Å². The lowest BCUT2D eigenvalue weighted by Crippen LogP contribution is -2.45. The van der Waals surface area contributed by atoms with Gasteiger partial charge in [0.25, 0.3) is 5.91 Å². The monoisotopic (exact) mass is 329 g/mol. The molecule has 0 unspecified atom stereocenters. The van der Waals surface area contributed by atoms with Gasteiger partial charge in [0, 0.05) is 24.0 Å². The van der Waals surface area contributed by atoms with Gasteiger partial charge in [-0.3, -0.25) is 4.79 Å². The van der Waals surface area contributed by atoms with E-state index in [9.17, 15) is 14.9 Å². The summed E-state index contributed by atoms with van der Waals surface area (Å²) in [5, 5.41) is 11.5. The predicted octanol–water partition coefficient (Wildman–Crippen LogP) is 2.32. The summed E-state index contributed by atoms with van der Waals surface area (Å²) in [5.41, 5.74) is 0.375.